The van der Waals surface area contributed by atoms with E-state index in [1.807, 2.05) is 0 Å². The van der Waals surface area contributed by atoms with Crippen molar-refractivity contribution in [1.82, 2.24) is 5.32 Å². The van der Waals surface area contributed by atoms with Crippen LogP contribution in [0.5, 0.6) is 5.75 Å². The van der Waals surface area contributed by atoms with E-state index in [1.54, 1.807) is 24.3 Å². The molecule has 0 heterocycles. The lowest BCUT2D eigenvalue weighted by molar-refractivity contribution is 0.100. The molecule has 0 radical (unpaired) electrons. The number of nitrogens with two attached hydrogens (primary N) is 1. The molecule has 1 aliphatic carbocycles. The maximum Gasteiger partial charge on any atom is 0.248 e. The Morgan fingerprint density at radius 3 is 2.65 bits per heavy atom. The van der Waals surface area contributed by atoms with Crippen molar-refractivity contribution in [3.8, 4) is 5.75 Å². The number of carbonyl (C=O) groups excluding carboxylic acids is 1. The predicted octanol–water partition coefficient (Wildman–Crippen LogP) is 1.31. The van der Waals surface area contributed by atoms with Crippen molar-refractivity contribution in [2.24, 2.45) is 5.73 Å². The zero-order chi connectivity index (χ0) is 12.1. The third-order valence-electron chi connectivity index (χ3n) is 2.74. The average molecular weight is 234 g/mol. The molecule has 1 saturated carbocycles. The summed E-state index contributed by atoms with van der Waals surface area (Å²) in [5, 5.41) is 3.43. The van der Waals surface area contributed by atoms with E-state index < -0.39 is 5.91 Å². The van der Waals surface area contributed by atoms with E-state index in [4.69, 9.17) is 10.5 Å². The summed E-state index contributed by atoms with van der Waals surface area (Å²) in [5.74, 6) is 0.367. The average Bonchev–Trinajstić information content (AvgIpc) is 3.13. The molecule has 0 aromatic heterocycles. The molecule has 1 aliphatic rings. The Hall–Kier alpha value is -1.55. The van der Waals surface area contributed by atoms with Crippen LogP contribution in [0.1, 0.15) is 29.6 Å². The highest BCUT2D eigenvalue weighted by Crippen LogP contribution is 2.18. The number of primary amides is 1. The van der Waals surface area contributed by atoms with Gasteiger partial charge in [-0.15, -0.1) is 0 Å². The minimum atomic E-state index is -0.412. The van der Waals surface area contributed by atoms with Crippen molar-refractivity contribution in [2.75, 3.05) is 13.2 Å². The van der Waals surface area contributed by atoms with Gasteiger partial charge in [0.25, 0.3) is 0 Å². The van der Waals surface area contributed by atoms with Crippen molar-refractivity contribution in [2.45, 2.75) is 25.3 Å². The van der Waals surface area contributed by atoms with E-state index >= 15 is 0 Å². The second-order valence-corrected chi connectivity index (χ2v) is 4.32. The van der Waals surface area contributed by atoms with Gasteiger partial charge in [0.05, 0.1) is 6.61 Å². The third-order valence-corrected chi connectivity index (χ3v) is 2.74. The van der Waals surface area contributed by atoms with E-state index in [2.05, 4.69) is 5.32 Å². The molecule has 0 bridgehead atoms. The molecule has 4 heteroatoms. The summed E-state index contributed by atoms with van der Waals surface area (Å²) in [6.45, 7) is 1.69. The van der Waals surface area contributed by atoms with E-state index in [1.165, 1.54) is 12.8 Å². The normalized spacial score (nSPS) is 14.6. The summed E-state index contributed by atoms with van der Waals surface area (Å²) < 4.78 is 5.55. The Labute approximate surface area is 101 Å². The minimum Gasteiger partial charge on any atom is -0.494 e. The second-order valence-electron chi connectivity index (χ2n) is 4.32. The van der Waals surface area contributed by atoms with E-state index in [0.717, 1.165) is 24.8 Å². The fraction of sp³-hybridized carbons (Fsp3) is 0.462. The molecule has 0 saturated heterocycles. The summed E-state index contributed by atoms with van der Waals surface area (Å²) in [6, 6.07) is 7.66. The third kappa shape index (κ3) is 4.07. The predicted molar refractivity (Wildman–Crippen MR) is 66.1 cm³/mol. The Balaban J connectivity index is 1.65. The number of nitrogens with one attached hydrogen (secondary N) is 1. The molecule has 1 fully saturated rings. The van der Waals surface area contributed by atoms with Crippen molar-refractivity contribution < 1.29 is 9.53 Å². The number of amides is 1. The highest BCUT2D eigenvalue weighted by Gasteiger charge is 2.19. The fourth-order valence-corrected chi connectivity index (χ4v) is 1.57. The molecule has 2 rings (SSSR count). The van der Waals surface area contributed by atoms with Crippen LogP contribution < -0.4 is 15.8 Å². The lowest BCUT2D eigenvalue weighted by Gasteiger charge is -2.07. The van der Waals surface area contributed by atoms with E-state index in [-0.39, 0.29) is 0 Å². The Morgan fingerprint density at radius 2 is 2.06 bits per heavy atom. The van der Waals surface area contributed by atoms with Gasteiger partial charge in [0.1, 0.15) is 5.75 Å². The number of ether oxygens (including phenoxy) is 1. The number of rotatable bonds is 7. The first-order valence-corrected chi connectivity index (χ1v) is 6.02. The largest absolute Gasteiger partial charge is 0.494 e. The van der Waals surface area contributed by atoms with Crippen molar-refractivity contribution >= 4 is 5.91 Å². The Morgan fingerprint density at radius 1 is 1.35 bits per heavy atom. The molecule has 17 heavy (non-hydrogen) atoms. The molecule has 4 nitrogen and oxygen atoms in total. The summed E-state index contributed by atoms with van der Waals surface area (Å²) >= 11 is 0. The van der Waals surface area contributed by atoms with Crippen LogP contribution in [0.25, 0.3) is 0 Å². The van der Waals surface area contributed by atoms with Gasteiger partial charge in [0.15, 0.2) is 0 Å². The second kappa shape index (κ2) is 5.68. The van der Waals surface area contributed by atoms with Crippen molar-refractivity contribution in [3.05, 3.63) is 29.8 Å². The van der Waals surface area contributed by atoms with Gasteiger partial charge in [0.2, 0.25) is 5.91 Å². The topological polar surface area (TPSA) is 64.4 Å². The summed E-state index contributed by atoms with van der Waals surface area (Å²) in [5.41, 5.74) is 5.66. The minimum absolute atomic E-state index is 0.412. The van der Waals surface area contributed by atoms with Gasteiger partial charge in [0, 0.05) is 11.6 Å². The molecule has 0 spiro atoms. The monoisotopic (exact) mass is 234 g/mol. The smallest absolute Gasteiger partial charge is 0.248 e. The fourth-order valence-electron chi connectivity index (χ4n) is 1.57. The molecular formula is C13H18N2O2. The van der Waals surface area contributed by atoms with Gasteiger partial charge >= 0.3 is 0 Å². The number of benzene rings is 1. The maximum atomic E-state index is 10.9. The van der Waals surface area contributed by atoms with E-state index in [0.29, 0.717) is 12.2 Å². The van der Waals surface area contributed by atoms with Gasteiger partial charge in [-0.3, -0.25) is 4.79 Å². The SMILES string of the molecule is NC(=O)c1ccc(OCCCNC2CC2)cc1. The molecule has 0 aliphatic heterocycles. The first-order chi connectivity index (χ1) is 8.25. The van der Waals surface area contributed by atoms with Crippen LogP contribution in [0.3, 0.4) is 0 Å². The van der Waals surface area contributed by atoms with E-state index in [9.17, 15) is 4.79 Å². The Bertz CT molecular complexity index is 372. The molecule has 92 valence electrons. The summed E-state index contributed by atoms with van der Waals surface area (Å²) in [4.78, 5) is 10.9. The van der Waals surface area contributed by atoms with Crippen LogP contribution in [0.15, 0.2) is 24.3 Å². The van der Waals surface area contributed by atoms with Gasteiger partial charge in [-0.05, 0) is 50.1 Å². The first-order valence-electron chi connectivity index (χ1n) is 6.02. The summed E-state index contributed by atoms with van der Waals surface area (Å²) in [6.07, 6.45) is 3.62. The highest BCUT2D eigenvalue weighted by molar-refractivity contribution is 5.92. The van der Waals surface area contributed by atoms with Gasteiger partial charge in [-0.25, -0.2) is 0 Å². The van der Waals surface area contributed by atoms with Crippen LogP contribution in [0.2, 0.25) is 0 Å². The van der Waals surface area contributed by atoms with Crippen LogP contribution in [0, 0.1) is 0 Å². The zero-order valence-electron chi connectivity index (χ0n) is 9.82. The zero-order valence-corrected chi connectivity index (χ0v) is 9.82. The van der Waals surface area contributed by atoms with Gasteiger partial charge in [-0.1, -0.05) is 0 Å². The quantitative estimate of drug-likeness (QED) is 0.699. The van der Waals surface area contributed by atoms with Crippen LogP contribution in [-0.4, -0.2) is 25.1 Å². The van der Waals surface area contributed by atoms with Gasteiger partial charge < -0.3 is 15.8 Å². The number of hydrogen-bond acceptors (Lipinski definition) is 3. The lowest BCUT2D eigenvalue weighted by atomic mass is 10.2. The van der Waals surface area contributed by atoms with Crippen LogP contribution >= 0.6 is 0 Å². The molecule has 0 atom stereocenters. The molecule has 1 aromatic carbocycles. The summed E-state index contributed by atoms with van der Waals surface area (Å²) in [7, 11) is 0. The highest BCUT2D eigenvalue weighted by atomic mass is 16.5. The maximum absolute atomic E-state index is 10.9. The van der Waals surface area contributed by atoms with Crippen molar-refractivity contribution in [1.29, 1.82) is 0 Å². The van der Waals surface area contributed by atoms with Crippen molar-refractivity contribution in [3.63, 3.8) is 0 Å². The van der Waals surface area contributed by atoms with Gasteiger partial charge in [-0.2, -0.15) is 0 Å². The lowest BCUT2D eigenvalue weighted by Crippen LogP contribution is -2.19. The Kier molecular flexibility index (Phi) is 3.98. The molecular weight excluding hydrogens is 216 g/mol. The molecule has 3 N–H and O–H groups in total. The first kappa shape index (κ1) is 11.9. The molecule has 1 aromatic rings. The molecule has 0 unspecified atom stereocenters. The molecule has 1 amide bonds. The van der Waals surface area contributed by atoms with Crippen LogP contribution in [0.4, 0.5) is 0 Å². The van der Waals surface area contributed by atoms with Crippen LogP contribution in [-0.2, 0) is 0 Å². The number of carbonyl (C=O) groups is 1. The number of hydrogen-bond donors (Lipinski definition) is 2. The standard InChI is InChI=1S/C13H18N2O2/c14-13(16)10-2-6-12(7-3-10)17-9-1-8-15-11-4-5-11/h2-3,6-7,11,15H,1,4-5,8-9H2,(H2,14,16).